The summed E-state index contributed by atoms with van der Waals surface area (Å²) in [7, 11) is -3.71. The monoisotopic (exact) mass is 310 g/mol. The maximum Gasteiger partial charge on any atom is 0.416 e. The minimum absolute atomic E-state index is 0.0905. The van der Waals surface area contributed by atoms with Gasteiger partial charge < -0.3 is 4.74 Å². The highest BCUT2D eigenvalue weighted by Crippen LogP contribution is 2.30. The van der Waals surface area contributed by atoms with Crippen molar-refractivity contribution in [3.8, 4) is 5.75 Å². The van der Waals surface area contributed by atoms with E-state index in [1.54, 1.807) is 0 Å². The first-order valence-corrected chi connectivity index (χ1v) is 7.01. The second-order valence-corrected chi connectivity index (χ2v) is 5.83. The number of hydrogen-bond donors (Lipinski definition) is 0. The normalized spacial score (nSPS) is 21.6. The Morgan fingerprint density at radius 3 is 2.30 bits per heavy atom. The molecular formula is C11H9F3O5S. The Labute approximate surface area is 112 Å². The van der Waals surface area contributed by atoms with Crippen molar-refractivity contribution >= 4 is 16.1 Å². The molecule has 0 amide bonds. The average Bonchev–Trinajstić information content (AvgIpc) is 2.69. The lowest BCUT2D eigenvalue weighted by atomic mass is 10.2. The Morgan fingerprint density at radius 1 is 1.25 bits per heavy atom. The Balaban J connectivity index is 2.02. The van der Waals surface area contributed by atoms with E-state index in [0.29, 0.717) is 0 Å². The van der Waals surface area contributed by atoms with Gasteiger partial charge in [-0.2, -0.15) is 21.6 Å². The van der Waals surface area contributed by atoms with Crippen LogP contribution in [0.1, 0.15) is 5.56 Å². The Kier molecular flexibility index (Phi) is 3.74. The van der Waals surface area contributed by atoms with Crippen molar-refractivity contribution in [3.63, 3.8) is 0 Å². The summed E-state index contributed by atoms with van der Waals surface area (Å²) in [6.07, 6.45) is -4.48. The highest BCUT2D eigenvalue weighted by Gasteiger charge is 2.36. The second kappa shape index (κ2) is 5.06. The fourth-order valence-electron chi connectivity index (χ4n) is 1.58. The predicted molar refractivity (Wildman–Crippen MR) is 60.3 cm³/mol. The maximum absolute atomic E-state index is 12.3. The van der Waals surface area contributed by atoms with Gasteiger partial charge in [-0.05, 0) is 24.3 Å². The largest absolute Gasteiger partial charge is 0.426 e. The Bertz CT molecular complexity index is 606. The minimum atomic E-state index is -4.48. The minimum Gasteiger partial charge on any atom is -0.426 e. The van der Waals surface area contributed by atoms with Crippen molar-refractivity contribution in [3.05, 3.63) is 29.8 Å². The van der Waals surface area contributed by atoms with E-state index in [1.165, 1.54) is 0 Å². The van der Waals surface area contributed by atoms with Gasteiger partial charge in [0.05, 0.1) is 23.8 Å². The molecule has 1 aliphatic rings. The number of esters is 1. The lowest BCUT2D eigenvalue weighted by molar-refractivity contribution is -0.138. The molecule has 0 spiro atoms. The van der Waals surface area contributed by atoms with Gasteiger partial charge in [0, 0.05) is 0 Å². The molecule has 0 bridgehead atoms. The van der Waals surface area contributed by atoms with Crippen molar-refractivity contribution < 1.29 is 35.3 Å². The van der Waals surface area contributed by atoms with Crippen LogP contribution in [-0.2, 0) is 25.3 Å². The van der Waals surface area contributed by atoms with E-state index in [-0.39, 0.29) is 12.4 Å². The molecule has 0 aromatic heterocycles. The maximum atomic E-state index is 12.3. The lowest BCUT2D eigenvalue weighted by Gasteiger charge is -2.09. The van der Waals surface area contributed by atoms with Crippen LogP contribution >= 0.6 is 0 Å². The van der Waals surface area contributed by atoms with E-state index in [4.69, 9.17) is 4.74 Å². The van der Waals surface area contributed by atoms with Gasteiger partial charge in [0.1, 0.15) is 5.75 Å². The number of benzene rings is 1. The number of ether oxygens (including phenoxy) is 1. The zero-order valence-corrected chi connectivity index (χ0v) is 10.7. The van der Waals surface area contributed by atoms with Crippen LogP contribution in [0.4, 0.5) is 13.2 Å². The van der Waals surface area contributed by atoms with Gasteiger partial charge in [-0.1, -0.05) is 0 Å². The summed E-state index contributed by atoms with van der Waals surface area (Å²) in [5, 5.41) is 0. The fraction of sp³-hybridized carbons (Fsp3) is 0.364. The molecule has 0 aliphatic carbocycles. The average molecular weight is 310 g/mol. The molecule has 1 aliphatic heterocycles. The first-order valence-electron chi connectivity index (χ1n) is 5.43. The number of carbonyl (C=O) groups excluding carboxylic acids is 1. The van der Waals surface area contributed by atoms with Crippen LogP contribution < -0.4 is 4.74 Å². The third kappa shape index (κ3) is 3.48. The van der Waals surface area contributed by atoms with Crippen LogP contribution in [0.15, 0.2) is 24.3 Å². The zero-order valence-electron chi connectivity index (χ0n) is 9.88. The SMILES string of the molecule is O=C(Oc1ccc(C(F)(F)F)cc1)C1COS(=O)(=O)C1. The highest BCUT2D eigenvalue weighted by atomic mass is 32.2. The van der Waals surface area contributed by atoms with E-state index in [9.17, 15) is 26.4 Å². The van der Waals surface area contributed by atoms with Crippen molar-refractivity contribution in [2.24, 2.45) is 5.92 Å². The van der Waals surface area contributed by atoms with E-state index in [0.717, 1.165) is 24.3 Å². The van der Waals surface area contributed by atoms with Gasteiger partial charge in [0.25, 0.3) is 10.1 Å². The van der Waals surface area contributed by atoms with E-state index in [1.807, 2.05) is 0 Å². The van der Waals surface area contributed by atoms with Crippen LogP contribution in [0.2, 0.25) is 0 Å². The van der Waals surface area contributed by atoms with Crippen molar-refractivity contribution in [2.75, 3.05) is 12.4 Å². The summed E-state index contributed by atoms with van der Waals surface area (Å²) in [6, 6.07) is 3.52. The molecule has 1 aromatic rings. The van der Waals surface area contributed by atoms with E-state index < -0.39 is 39.5 Å². The molecule has 110 valence electrons. The van der Waals surface area contributed by atoms with Gasteiger partial charge in [-0.25, -0.2) is 0 Å². The van der Waals surface area contributed by atoms with Gasteiger partial charge in [-0.3, -0.25) is 8.98 Å². The third-order valence-corrected chi connectivity index (χ3v) is 3.89. The van der Waals surface area contributed by atoms with Gasteiger partial charge in [0.15, 0.2) is 0 Å². The zero-order chi connectivity index (χ0) is 15.0. The van der Waals surface area contributed by atoms with Crippen LogP contribution in [0, 0.1) is 5.92 Å². The fourth-order valence-corrected chi connectivity index (χ4v) is 2.77. The number of carbonyl (C=O) groups is 1. The predicted octanol–water partition coefficient (Wildman–Crippen LogP) is 1.59. The Morgan fingerprint density at radius 2 is 1.85 bits per heavy atom. The molecule has 1 atom stereocenters. The molecule has 20 heavy (non-hydrogen) atoms. The molecule has 2 rings (SSSR count). The summed E-state index contributed by atoms with van der Waals surface area (Å²) in [6.45, 7) is -0.318. The molecule has 1 aromatic carbocycles. The summed E-state index contributed by atoms with van der Waals surface area (Å²) >= 11 is 0. The van der Waals surface area contributed by atoms with Crippen molar-refractivity contribution in [1.29, 1.82) is 0 Å². The van der Waals surface area contributed by atoms with E-state index >= 15 is 0 Å². The Hall–Kier alpha value is -1.61. The first kappa shape index (κ1) is 14.8. The summed E-state index contributed by atoms with van der Waals surface area (Å²) in [5.74, 6) is -2.41. The van der Waals surface area contributed by atoms with Crippen LogP contribution in [-0.4, -0.2) is 26.7 Å². The number of rotatable bonds is 2. The summed E-state index contributed by atoms with van der Waals surface area (Å²) < 4.78 is 68.2. The lowest BCUT2D eigenvalue weighted by Crippen LogP contribution is -2.23. The topological polar surface area (TPSA) is 69.7 Å². The third-order valence-electron chi connectivity index (χ3n) is 2.59. The summed E-state index contributed by atoms with van der Waals surface area (Å²) in [5.41, 5.74) is -0.871. The molecule has 0 saturated carbocycles. The smallest absolute Gasteiger partial charge is 0.416 e. The first-order chi connectivity index (χ1) is 9.17. The molecule has 5 nitrogen and oxygen atoms in total. The standard InChI is InChI=1S/C11H9F3O5S/c12-11(13,14)8-1-3-9(4-2-8)19-10(15)7-5-18-20(16,17)6-7/h1-4,7H,5-6H2. The van der Waals surface area contributed by atoms with Crippen LogP contribution in [0.5, 0.6) is 5.75 Å². The molecule has 0 radical (unpaired) electrons. The van der Waals surface area contributed by atoms with E-state index in [2.05, 4.69) is 4.18 Å². The molecular weight excluding hydrogens is 301 g/mol. The quantitative estimate of drug-likeness (QED) is 0.471. The molecule has 0 N–H and O–H groups in total. The number of alkyl halides is 3. The molecule has 1 fully saturated rings. The van der Waals surface area contributed by atoms with Gasteiger partial charge in [0.2, 0.25) is 0 Å². The van der Waals surface area contributed by atoms with Gasteiger partial charge in [-0.15, -0.1) is 0 Å². The molecule has 1 unspecified atom stereocenters. The van der Waals surface area contributed by atoms with Crippen molar-refractivity contribution in [1.82, 2.24) is 0 Å². The molecule has 1 heterocycles. The second-order valence-electron chi connectivity index (χ2n) is 4.15. The molecule has 1 saturated heterocycles. The van der Waals surface area contributed by atoms with Crippen LogP contribution in [0.3, 0.4) is 0 Å². The highest BCUT2D eigenvalue weighted by molar-refractivity contribution is 7.87. The van der Waals surface area contributed by atoms with Gasteiger partial charge >= 0.3 is 12.1 Å². The number of halogens is 3. The summed E-state index contributed by atoms with van der Waals surface area (Å²) in [4.78, 5) is 11.6. The van der Waals surface area contributed by atoms with Crippen molar-refractivity contribution in [2.45, 2.75) is 6.18 Å². The number of hydrogen-bond acceptors (Lipinski definition) is 5. The molecule has 9 heteroatoms. The van der Waals surface area contributed by atoms with Crippen LogP contribution in [0.25, 0.3) is 0 Å².